The SMILES string of the molecule is O=C(c1ccccc1)N(CCC[NH+]1CCOCC1)c1nc2c(Cl)cccc2s1. The number of carbonyl (C=O) groups excluding carboxylic acids is 1. The number of aromatic nitrogens is 1. The standard InChI is InChI=1S/C21H22ClN3O2S/c22-17-8-4-9-18-19(17)23-21(28-18)25(20(26)16-6-2-1-3-7-16)11-5-10-24-12-14-27-15-13-24/h1-4,6-9H,5,10-15H2/p+1. The van der Waals surface area contributed by atoms with Crippen LogP contribution in [0.3, 0.4) is 0 Å². The van der Waals surface area contributed by atoms with Gasteiger partial charge in [-0.2, -0.15) is 0 Å². The molecule has 0 aliphatic carbocycles. The molecule has 1 saturated heterocycles. The summed E-state index contributed by atoms with van der Waals surface area (Å²) < 4.78 is 6.42. The van der Waals surface area contributed by atoms with Crippen molar-refractivity contribution in [2.75, 3.05) is 44.3 Å². The van der Waals surface area contributed by atoms with Gasteiger partial charge in [-0.3, -0.25) is 9.69 Å². The quantitative estimate of drug-likeness (QED) is 0.672. The van der Waals surface area contributed by atoms with E-state index in [1.807, 2.05) is 48.5 Å². The minimum atomic E-state index is -0.0206. The molecule has 1 amide bonds. The first-order valence-electron chi connectivity index (χ1n) is 9.55. The van der Waals surface area contributed by atoms with E-state index in [2.05, 4.69) is 4.98 Å². The molecule has 28 heavy (non-hydrogen) atoms. The van der Waals surface area contributed by atoms with Gasteiger partial charge in [-0.1, -0.05) is 47.2 Å². The number of hydrogen-bond acceptors (Lipinski definition) is 4. The van der Waals surface area contributed by atoms with Crippen LogP contribution in [-0.4, -0.2) is 50.3 Å². The molecule has 0 spiro atoms. The number of rotatable bonds is 6. The Balaban J connectivity index is 1.56. The summed E-state index contributed by atoms with van der Waals surface area (Å²) in [5.74, 6) is -0.0206. The molecule has 3 aromatic rings. The van der Waals surface area contributed by atoms with Gasteiger partial charge in [-0.25, -0.2) is 4.98 Å². The first kappa shape index (κ1) is 19.3. The second kappa shape index (κ2) is 9.01. The molecule has 2 aromatic carbocycles. The zero-order valence-electron chi connectivity index (χ0n) is 15.6. The molecule has 0 bridgehead atoms. The third-order valence-electron chi connectivity index (χ3n) is 4.97. The second-order valence-corrected chi connectivity index (χ2v) is 8.29. The van der Waals surface area contributed by atoms with Gasteiger partial charge in [0.05, 0.1) is 29.5 Å². The number of quaternary nitrogens is 1. The van der Waals surface area contributed by atoms with Crippen LogP contribution in [0.1, 0.15) is 16.8 Å². The number of halogens is 1. The molecule has 2 heterocycles. The number of ether oxygens (including phenoxy) is 1. The maximum atomic E-state index is 13.2. The molecule has 5 nitrogen and oxygen atoms in total. The molecule has 1 aromatic heterocycles. The summed E-state index contributed by atoms with van der Waals surface area (Å²) in [6, 6.07) is 15.1. The highest BCUT2D eigenvalue weighted by Crippen LogP contribution is 2.33. The van der Waals surface area contributed by atoms with E-state index in [1.54, 1.807) is 4.90 Å². The topological polar surface area (TPSA) is 46.9 Å². The number of para-hydroxylation sites is 1. The third-order valence-corrected chi connectivity index (χ3v) is 6.32. The highest BCUT2D eigenvalue weighted by atomic mass is 35.5. The average molecular weight is 417 g/mol. The zero-order valence-corrected chi connectivity index (χ0v) is 17.1. The number of morpholine rings is 1. The summed E-state index contributed by atoms with van der Waals surface area (Å²) >= 11 is 7.81. The largest absolute Gasteiger partial charge is 0.370 e. The van der Waals surface area contributed by atoms with E-state index in [-0.39, 0.29) is 5.91 Å². The summed E-state index contributed by atoms with van der Waals surface area (Å²) in [6.45, 7) is 5.35. The van der Waals surface area contributed by atoms with Gasteiger partial charge in [-0.15, -0.1) is 0 Å². The van der Waals surface area contributed by atoms with Gasteiger partial charge in [0, 0.05) is 18.5 Å². The summed E-state index contributed by atoms with van der Waals surface area (Å²) in [5, 5.41) is 1.32. The van der Waals surface area contributed by atoms with Gasteiger partial charge in [0.2, 0.25) is 0 Å². The maximum Gasteiger partial charge on any atom is 0.260 e. The summed E-state index contributed by atoms with van der Waals surface area (Å²) in [5.41, 5.74) is 1.43. The Morgan fingerprint density at radius 2 is 1.93 bits per heavy atom. The molecule has 1 fully saturated rings. The number of anilines is 1. The van der Waals surface area contributed by atoms with Crippen LogP contribution in [0.15, 0.2) is 48.5 Å². The van der Waals surface area contributed by atoms with Crippen LogP contribution >= 0.6 is 22.9 Å². The van der Waals surface area contributed by atoms with Crippen molar-refractivity contribution >= 4 is 44.2 Å². The molecule has 0 unspecified atom stereocenters. The number of amides is 1. The number of fused-ring (bicyclic) bond motifs is 1. The number of nitrogens with zero attached hydrogens (tertiary/aromatic N) is 2. The van der Waals surface area contributed by atoms with Crippen molar-refractivity contribution in [1.29, 1.82) is 0 Å². The van der Waals surface area contributed by atoms with Crippen molar-refractivity contribution < 1.29 is 14.4 Å². The van der Waals surface area contributed by atoms with E-state index in [1.165, 1.54) is 16.2 Å². The van der Waals surface area contributed by atoms with Crippen molar-refractivity contribution in [2.45, 2.75) is 6.42 Å². The van der Waals surface area contributed by atoms with E-state index in [4.69, 9.17) is 16.3 Å². The Morgan fingerprint density at radius 3 is 2.68 bits per heavy atom. The smallest absolute Gasteiger partial charge is 0.260 e. The van der Waals surface area contributed by atoms with Crippen molar-refractivity contribution in [1.82, 2.24) is 4.98 Å². The van der Waals surface area contributed by atoms with Gasteiger partial charge in [-0.05, 0) is 24.3 Å². The number of thiazole rings is 1. The predicted molar refractivity (Wildman–Crippen MR) is 114 cm³/mol. The minimum absolute atomic E-state index is 0.0206. The summed E-state index contributed by atoms with van der Waals surface area (Å²) in [7, 11) is 0. The minimum Gasteiger partial charge on any atom is -0.370 e. The van der Waals surface area contributed by atoms with Crippen LogP contribution in [0.5, 0.6) is 0 Å². The summed E-state index contributed by atoms with van der Waals surface area (Å²) in [4.78, 5) is 21.2. The van der Waals surface area contributed by atoms with Crippen LogP contribution in [-0.2, 0) is 4.74 Å². The lowest BCUT2D eigenvalue weighted by molar-refractivity contribution is -0.908. The predicted octanol–water partition coefficient (Wildman–Crippen LogP) is 2.90. The van der Waals surface area contributed by atoms with Gasteiger partial charge in [0.25, 0.3) is 5.91 Å². The van der Waals surface area contributed by atoms with Crippen LogP contribution in [0, 0.1) is 0 Å². The number of hydrogen-bond donors (Lipinski definition) is 1. The van der Waals surface area contributed by atoms with Crippen molar-refractivity contribution in [3.8, 4) is 0 Å². The Hall–Kier alpha value is -1.99. The molecule has 1 aliphatic heterocycles. The van der Waals surface area contributed by atoms with Gasteiger partial charge in [0.1, 0.15) is 18.6 Å². The van der Waals surface area contributed by atoms with Gasteiger partial charge >= 0.3 is 0 Å². The third kappa shape index (κ3) is 4.36. The Labute approximate surface area is 173 Å². The lowest BCUT2D eigenvalue weighted by Gasteiger charge is -2.25. The Morgan fingerprint density at radius 1 is 1.14 bits per heavy atom. The lowest BCUT2D eigenvalue weighted by atomic mass is 10.2. The fraction of sp³-hybridized carbons (Fsp3) is 0.333. The number of nitrogens with one attached hydrogen (secondary N) is 1. The molecule has 1 N–H and O–H groups in total. The van der Waals surface area contributed by atoms with Crippen molar-refractivity contribution in [3.63, 3.8) is 0 Å². The molecule has 0 saturated carbocycles. The molecule has 1 aliphatic rings. The molecule has 7 heteroatoms. The van der Waals surface area contributed by atoms with Crippen LogP contribution in [0.4, 0.5) is 5.13 Å². The fourth-order valence-electron chi connectivity index (χ4n) is 3.44. The van der Waals surface area contributed by atoms with Crippen molar-refractivity contribution in [2.24, 2.45) is 0 Å². The van der Waals surface area contributed by atoms with E-state index < -0.39 is 0 Å². The first-order valence-corrected chi connectivity index (χ1v) is 10.7. The van der Waals surface area contributed by atoms with Crippen LogP contribution in [0.2, 0.25) is 5.02 Å². The lowest BCUT2D eigenvalue weighted by Crippen LogP contribution is -3.14. The molecular weight excluding hydrogens is 394 g/mol. The van der Waals surface area contributed by atoms with Gasteiger partial charge in [0.15, 0.2) is 5.13 Å². The van der Waals surface area contributed by atoms with E-state index >= 15 is 0 Å². The van der Waals surface area contributed by atoms with E-state index in [9.17, 15) is 4.79 Å². The highest BCUT2D eigenvalue weighted by Gasteiger charge is 2.22. The fourth-order valence-corrected chi connectivity index (χ4v) is 4.73. The van der Waals surface area contributed by atoms with Crippen LogP contribution < -0.4 is 9.80 Å². The average Bonchev–Trinajstić information content (AvgIpc) is 3.17. The first-order chi connectivity index (χ1) is 13.7. The number of benzene rings is 2. The monoisotopic (exact) mass is 416 g/mol. The maximum absolute atomic E-state index is 13.2. The van der Waals surface area contributed by atoms with Crippen LogP contribution in [0.25, 0.3) is 10.2 Å². The second-order valence-electron chi connectivity index (χ2n) is 6.87. The number of carbonyl (C=O) groups is 1. The van der Waals surface area contributed by atoms with Gasteiger partial charge < -0.3 is 9.64 Å². The molecule has 146 valence electrons. The molecular formula is C21H23ClN3O2S+. The Kier molecular flexibility index (Phi) is 6.22. The van der Waals surface area contributed by atoms with E-state index in [0.29, 0.717) is 22.3 Å². The highest BCUT2D eigenvalue weighted by molar-refractivity contribution is 7.22. The normalized spacial score (nSPS) is 15.0. The van der Waals surface area contributed by atoms with E-state index in [0.717, 1.165) is 49.5 Å². The molecule has 0 radical (unpaired) electrons. The molecule has 4 rings (SSSR count). The summed E-state index contributed by atoms with van der Waals surface area (Å²) in [6.07, 6.45) is 0.914. The zero-order chi connectivity index (χ0) is 19.3. The van der Waals surface area contributed by atoms with Crippen molar-refractivity contribution in [3.05, 3.63) is 59.1 Å². The Bertz CT molecular complexity index is 941. The molecule has 0 atom stereocenters.